The third kappa shape index (κ3) is 3.31. The van der Waals surface area contributed by atoms with Gasteiger partial charge >= 0.3 is 0 Å². The van der Waals surface area contributed by atoms with Crippen molar-refractivity contribution in [3.05, 3.63) is 66.0 Å². The third-order valence-electron chi connectivity index (χ3n) is 5.25. The van der Waals surface area contributed by atoms with Crippen molar-refractivity contribution in [2.75, 3.05) is 19.7 Å². The maximum atomic E-state index is 6.36. The van der Waals surface area contributed by atoms with Crippen LogP contribution in [0.1, 0.15) is 36.3 Å². The first-order valence-corrected chi connectivity index (χ1v) is 8.63. The Morgan fingerprint density at radius 1 is 1.13 bits per heavy atom. The number of ether oxygens (including phenoxy) is 1. The van der Waals surface area contributed by atoms with E-state index in [1.54, 1.807) is 0 Å². The lowest BCUT2D eigenvalue weighted by Gasteiger charge is -2.40. The van der Waals surface area contributed by atoms with Crippen molar-refractivity contribution in [1.82, 2.24) is 9.88 Å². The Kier molecular flexibility index (Phi) is 4.15. The molecule has 0 aliphatic carbocycles. The van der Waals surface area contributed by atoms with Gasteiger partial charge in [-0.15, -0.1) is 0 Å². The van der Waals surface area contributed by atoms with Gasteiger partial charge in [0.15, 0.2) is 0 Å². The van der Waals surface area contributed by atoms with Crippen LogP contribution in [0.4, 0.5) is 0 Å². The van der Waals surface area contributed by atoms with E-state index >= 15 is 0 Å². The van der Waals surface area contributed by atoms with Gasteiger partial charge in [0.05, 0.1) is 12.2 Å². The van der Waals surface area contributed by atoms with Gasteiger partial charge in [-0.2, -0.15) is 0 Å². The van der Waals surface area contributed by atoms with Gasteiger partial charge in [-0.3, -0.25) is 9.88 Å². The van der Waals surface area contributed by atoms with E-state index in [0.717, 1.165) is 26.1 Å². The quantitative estimate of drug-likeness (QED) is 0.866. The number of nitrogens with zero attached hydrogens (tertiary/aromatic N) is 2. The molecule has 2 aliphatic rings. The second-order valence-corrected chi connectivity index (χ2v) is 6.98. The van der Waals surface area contributed by atoms with Crippen molar-refractivity contribution in [2.24, 2.45) is 0 Å². The molecule has 3 heteroatoms. The predicted octanol–water partition coefficient (Wildman–Crippen LogP) is 3.62. The molecule has 1 aromatic heterocycles. The highest BCUT2D eigenvalue weighted by Crippen LogP contribution is 2.41. The summed E-state index contributed by atoms with van der Waals surface area (Å²) in [4.78, 5) is 6.66. The van der Waals surface area contributed by atoms with Crippen LogP contribution >= 0.6 is 0 Å². The summed E-state index contributed by atoms with van der Waals surface area (Å²) in [7, 11) is 0. The second-order valence-electron chi connectivity index (χ2n) is 6.98. The zero-order valence-corrected chi connectivity index (χ0v) is 13.5. The lowest BCUT2D eigenvalue weighted by Crippen LogP contribution is -2.47. The maximum Gasteiger partial charge on any atom is 0.0816 e. The first kappa shape index (κ1) is 14.9. The molecule has 23 heavy (non-hydrogen) atoms. The molecule has 0 unspecified atom stereocenters. The summed E-state index contributed by atoms with van der Waals surface area (Å²) in [6.45, 7) is 4.10. The van der Waals surface area contributed by atoms with Crippen LogP contribution in [0.3, 0.4) is 0 Å². The fourth-order valence-corrected chi connectivity index (χ4v) is 4.14. The minimum Gasteiger partial charge on any atom is -0.373 e. The van der Waals surface area contributed by atoms with E-state index in [4.69, 9.17) is 4.74 Å². The molecule has 0 radical (unpaired) electrons. The number of pyridine rings is 1. The SMILES string of the molecule is c1ccc([C@H]2CO[C@]3(CCCN(Cc4ccncc4)C3)C2)cc1. The number of rotatable bonds is 3. The fourth-order valence-electron chi connectivity index (χ4n) is 4.14. The minimum absolute atomic E-state index is 0.0613. The van der Waals surface area contributed by atoms with Crippen molar-refractivity contribution in [2.45, 2.75) is 37.3 Å². The molecule has 2 fully saturated rings. The van der Waals surface area contributed by atoms with Crippen molar-refractivity contribution >= 4 is 0 Å². The van der Waals surface area contributed by atoms with Crippen LogP contribution in [-0.2, 0) is 11.3 Å². The molecule has 2 aromatic rings. The summed E-state index contributed by atoms with van der Waals surface area (Å²) in [6, 6.07) is 15.1. The molecule has 2 saturated heterocycles. The first-order valence-electron chi connectivity index (χ1n) is 8.63. The molecule has 4 rings (SSSR count). The van der Waals surface area contributed by atoms with Crippen LogP contribution in [0.5, 0.6) is 0 Å². The monoisotopic (exact) mass is 308 g/mol. The lowest BCUT2D eigenvalue weighted by molar-refractivity contribution is -0.0533. The summed E-state index contributed by atoms with van der Waals surface area (Å²) >= 11 is 0. The molecule has 1 aromatic carbocycles. The van der Waals surface area contributed by atoms with Crippen LogP contribution in [0.2, 0.25) is 0 Å². The van der Waals surface area contributed by atoms with Gasteiger partial charge in [0.2, 0.25) is 0 Å². The van der Waals surface area contributed by atoms with Gasteiger partial charge in [0.25, 0.3) is 0 Å². The van der Waals surface area contributed by atoms with E-state index in [-0.39, 0.29) is 5.60 Å². The summed E-state index contributed by atoms with van der Waals surface area (Å²) in [5.41, 5.74) is 2.83. The third-order valence-corrected chi connectivity index (χ3v) is 5.25. The van der Waals surface area contributed by atoms with Crippen molar-refractivity contribution in [3.8, 4) is 0 Å². The van der Waals surface area contributed by atoms with E-state index < -0.39 is 0 Å². The second kappa shape index (κ2) is 6.42. The van der Waals surface area contributed by atoms with Crippen molar-refractivity contribution in [1.29, 1.82) is 0 Å². The Bertz CT molecular complexity index is 631. The molecular weight excluding hydrogens is 284 g/mol. The maximum absolute atomic E-state index is 6.36. The van der Waals surface area contributed by atoms with Crippen molar-refractivity contribution < 1.29 is 4.74 Å². The highest BCUT2D eigenvalue weighted by molar-refractivity contribution is 5.22. The van der Waals surface area contributed by atoms with Gasteiger partial charge in [-0.05, 0) is 49.1 Å². The number of aromatic nitrogens is 1. The van der Waals surface area contributed by atoms with E-state index in [9.17, 15) is 0 Å². The zero-order chi connectivity index (χ0) is 15.5. The standard InChI is InChI=1S/C20H24N2O/c1-2-5-18(6-3-1)19-13-20(23-15-19)9-4-12-22(16-20)14-17-7-10-21-11-8-17/h1-3,5-8,10-11,19H,4,9,12-16H2/t19-,20-/m1/s1. The predicted molar refractivity (Wildman–Crippen MR) is 91.2 cm³/mol. The molecule has 0 amide bonds. The topological polar surface area (TPSA) is 25.4 Å². The number of hydrogen-bond donors (Lipinski definition) is 0. The van der Waals surface area contributed by atoms with Crippen LogP contribution in [-0.4, -0.2) is 35.2 Å². The van der Waals surface area contributed by atoms with Gasteiger partial charge in [-0.25, -0.2) is 0 Å². The minimum atomic E-state index is 0.0613. The number of hydrogen-bond acceptors (Lipinski definition) is 3. The molecular formula is C20H24N2O. The van der Waals surface area contributed by atoms with Gasteiger partial charge in [-0.1, -0.05) is 30.3 Å². The summed E-state index contributed by atoms with van der Waals surface area (Å²) in [5, 5.41) is 0. The summed E-state index contributed by atoms with van der Waals surface area (Å²) in [5.74, 6) is 0.553. The Labute approximate surface area is 138 Å². The highest BCUT2D eigenvalue weighted by Gasteiger charge is 2.43. The van der Waals surface area contributed by atoms with E-state index in [1.807, 2.05) is 12.4 Å². The van der Waals surface area contributed by atoms with Crippen molar-refractivity contribution in [3.63, 3.8) is 0 Å². The Hall–Kier alpha value is -1.71. The van der Waals surface area contributed by atoms with E-state index in [1.165, 1.54) is 30.5 Å². The molecule has 0 bridgehead atoms. The molecule has 0 N–H and O–H groups in total. The average molecular weight is 308 g/mol. The van der Waals surface area contributed by atoms with Gasteiger partial charge < -0.3 is 4.74 Å². The van der Waals surface area contributed by atoms with Crippen LogP contribution < -0.4 is 0 Å². The summed E-state index contributed by atoms with van der Waals surface area (Å²) in [6.07, 6.45) is 7.35. The smallest absolute Gasteiger partial charge is 0.0816 e. The fraction of sp³-hybridized carbons (Fsp3) is 0.450. The number of benzene rings is 1. The largest absolute Gasteiger partial charge is 0.373 e. The van der Waals surface area contributed by atoms with E-state index in [0.29, 0.717) is 5.92 Å². The lowest BCUT2D eigenvalue weighted by atomic mass is 9.84. The van der Waals surface area contributed by atoms with Gasteiger partial charge in [0, 0.05) is 31.4 Å². The zero-order valence-electron chi connectivity index (χ0n) is 13.5. The molecule has 2 atom stereocenters. The summed E-state index contributed by atoms with van der Waals surface area (Å²) < 4.78 is 6.36. The molecule has 0 saturated carbocycles. The molecule has 3 nitrogen and oxygen atoms in total. The van der Waals surface area contributed by atoms with Gasteiger partial charge in [0.1, 0.15) is 0 Å². The van der Waals surface area contributed by atoms with E-state index in [2.05, 4.69) is 52.3 Å². The Morgan fingerprint density at radius 2 is 1.96 bits per heavy atom. The molecule has 2 aliphatic heterocycles. The Balaban J connectivity index is 1.43. The highest BCUT2D eigenvalue weighted by atomic mass is 16.5. The number of likely N-dealkylation sites (tertiary alicyclic amines) is 1. The van der Waals surface area contributed by atoms with Crippen LogP contribution in [0, 0.1) is 0 Å². The van der Waals surface area contributed by atoms with Crippen LogP contribution in [0.25, 0.3) is 0 Å². The molecule has 1 spiro atoms. The molecule has 3 heterocycles. The Morgan fingerprint density at radius 3 is 2.78 bits per heavy atom. The molecule has 120 valence electrons. The van der Waals surface area contributed by atoms with Crippen LogP contribution in [0.15, 0.2) is 54.9 Å². The average Bonchev–Trinajstić information content (AvgIpc) is 3.00. The first-order chi connectivity index (χ1) is 11.3. The number of piperidine rings is 1. The normalized spacial score (nSPS) is 28.3.